The molecule has 2 aromatic rings. The smallest absolute Gasteiger partial charge is 0.271 e. The number of nitrogens with one attached hydrogen (secondary N) is 2. The molecule has 0 saturated heterocycles. The molecule has 2 heterocycles. The van der Waals surface area contributed by atoms with Crippen LogP contribution in [0.5, 0.6) is 0 Å². The lowest BCUT2D eigenvalue weighted by atomic mass is 10.3. The number of rotatable bonds is 5. The predicted molar refractivity (Wildman–Crippen MR) is 74.5 cm³/mol. The van der Waals surface area contributed by atoms with E-state index in [1.54, 1.807) is 30.5 Å². The first-order valence-corrected chi connectivity index (χ1v) is 6.77. The van der Waals surface area contributed by atoms with E-state index in [2.05, 4.69) is 25.8 Å². The Morgan fingerprint density at radius 2 is 2.21 bits per heavy atom. The van der Waals surface area contributed by atoms with Crippen molar-refractivity contribution >= 4 is 23.1 Å². The van der Waals surface area contributed by atoms with Crippen molar-refractivity contribution in [2.75, 3.05) is 18.9 Å². The van der Waals surface area contributed by atoms with E-state index in [0.29, 0.717) is 18.1 Å². The van der Waals surface area contributed by atoms with Crippen LogP contribution in [0.25, 0.3) is 0 Å². The van der Waals surface area contributed by atoms with E-state index in [-0.39, 0.29) is 5.91 Å². The summed E-state index contributed by atoms with van der Waals surface area (Å²) in [5, 5.41) is 16.4. The summed E-state index contributed by atoms with van der Waals surface area (Å²) in [4.78, 5) is 16.1. The molecular weight excluding hydrogens is 262 g/mol. The van der Waals surface area contributed by atoms with E-state index >= 15 is 0 Å². The van der Waals surface area contributed by atoms with Crippen LogP contribution < -0.4 is 10.6 Å². The van der Waals surface area contributed by atoms with Gasteiger partial charge in [-0.3, -0.25) is 4.79 Å². The second-order valence-electron chi connectivity index (χ2n) is 3.94. The number of thiazole rings is 1. The van der Waals surface area contributed by atoms with E-state index in [1.165, 1.54) is 0 Å². The van der Waals surface area contributed by atoms with Gasteiger partial charge in [0, 0.05) is 31.1 Å². The Kier molecular flexibility index (Phi) is 4.40. The SMILES string of the molecule is CNc1ccc(C(=O)NCCc2nc(C)cs2)nn1. The van der Waals surface area contributed by atoms with Crippen LogP contribution in [-0.2, 0) is 6.42 Å². The van der Waals surface area contributed by atoms with E-state index in [0.717, 1.165) is 17.1 Å². The van der Waals surface area contributed by atoms with Gasteiger partial charge in [-0.1, -0.05) is 0 Å². The van der Waals surface area contributed by atoms with Gasteiger partial charge in [-0.15, -0.1) is 21.5 Å². The molecule has 0 atom stereocenters. The summed E-state index contributed by atoms with van der Waals surface area (Å²) in [5.41, 5.74) is 1.33. The van der Waals surface area contributed by atoms with Gasteiger partial charge in [0.1, 0.15) is 5.82 Å². The van der Waals surface area contributed by atoms with Crippen molar-refractivity contribution in [1.82, 2.24) is 20.5 Å². The van der Waals surface area contributed by atoms with Crippen LogP contribution >= 0.6 is 11.3 Å². The third kappa shape index (κ3) is 3.72. The zero-order valence-electron chi connectivity index (χ0n) is 10.8. The lowest BCUT2D eigenvalue weighted by Crippen LogP contribution is -2.26. The van der Waals surface area contributed by atoms with Crippen molar-refractivity contribution in [2.45, 2.75) is 13.3 Å². The number of carbonyl (C=O) groups excluding carboxylic acids is 1. The molecule has 0 bridgehead atoms. The fourth-order valence-corrected chi connectivity index (χ4v) is 2.25. The second kappa shape index (κ2) is 6.24. The molecule has 0 spiro atoms. The molecule has 0 aliphatic rings. The number of hydrogen-bond acceptors (Lipinski definition) is 6. The van der Waals surface area contributed by atoms with Crippen molar-refractivity contribution in [3.05, 3.63) is 33.9 Å². The van der Waals surface area contributed by atoms with Crippen molar-refractivity contribution in [2.24, 2.45) is 0 Å². The third-order valence-electron chi connectivity index (χ3n) is 2.44. The fraction of sp³-hybridized carbons (Fsp3) is 0.333. The van der Waals surface area contributed by atoms with Crippen molar-refractivity contribution in [3.8, 4) is 0 Å². The highest BCUT2D eigenvalue weighted by atomic mass is 32.1. The minimum Gasteiger partial charge on any atom is -0.372 e. The van der Waals surface area contributed by atoms with E-state index in [1.807, 2.05) is 12.3 Å². The Bertz CT molecular complexity index is 552. The second-order valence-corrected chi connectivity index (χ2v) is 4.88. The van der Waals surface area contributed by atoms with Crippen LogP contribution in [0.3, 0.4) is 0 Å². The molecule has 0 aliphatic carbocycles. The number of aromatic nitrogens is 3. The van der Waals surface area contributed by atoms with Gasteiger partial charge in [0.2, 0.25) is 0 Å². The number of anilines is 1. The molecule has 0 saturated carbocycles. The zero-order chi connectivity index (χ0) is 13.7. The number of aryl methyl sites for hydroxylation is 1. The van der Waals surface area contributed by atoms with Crippen LogP contribution in [-0.4, -0.2) is 34.7 Å². The molecule has 7 heteroatoms. The van der Waals surface area contributed by atoms with E-state index in [9.17, 15) is 4.79 Å². The molecule has 19 heavy (non-hydrogen) atoms. The van der Waals surface area contributed by atoms with Crippen LogP contribution in [0, 0.1) is 6.92 Å². The maximum absolute atomic E-state index is 11.8. The quantitative estimate of drug-likeness (QED) is 0.860. The van der Waals surface area contributed by atoms with E-state index in [4.69, 9.17) is 0 Å². The minimum atomic E-state index is -0.219. The van der Waals surface area contributed by atoms with Crippen LogP contribution in [0.1, 0.15) is 21.2 Å². The molecule has 1 amide bonds. The highest BCUT2D eigenvalue weighted by molar-refractivity contribution is 7.09. The van der Waals surface area contributed by atoms with Crippen molar-refractivity contribution in [1.29, 1.82) is 0 Å². The largest absolute Gasteiger partial charge is 0.372 e. The standard InChI is InChI=1S/C12H15N5OS/c1-8-7-19-11(15-8)5-6-14-12(18)9-3-4-10(13-2)17-16-9/h3-4,7H,5-6H2,1-2H3,(H,13,17)(H,14,18). The molecule has 0 aromatic carbocycles. The fourth-order valence-electron chi connectivity index (χ4n) is 1.48. The Morgan fingerprint density at radius 1 is 1.37 bits per heavy atom. The summed E-state index contributed by atoms with van der Waals surface area (Å²) < 4.78 is 0. The molecule has 0 aliphatic heterocycles. The average molecular weight is 277 g/mol. The normalized spacial score (nSPS) is 10.2. The lowest BCUT2D eigenvalue weighted by molar-refractivity contribution is 0.0948. The topological polar surface area (TPSA) is 79.8 Å². The summed E-state index contributed by atoms with van der Waals surface area (Å²) in [5.74, 6) is 0.415. The molecule has 0 unspecified atom stereocenters. The number of carbonyl (C=O) groups is 1. The molecule has 6 nitrogen and oxygen atoms in total. The number of hydrogen-bond donors (Lipinski definition) is 2. The number of amides is 1. The van der Waals surface area contributed by atoms with Gasteiger partial charge in [-0.25, -0.2) is 4.98 Å². The molecule has 2 N–H and O–H groups in total. The van der Waals surface area contributed by atoms with Crippen molar-refractivity contribution in [3.63, 3.8) is 0 Å². The zero-order valence-corrected chi connectivity index (χ0v) is 11.6. The van der Waals surface area contributed by atoms with Gasteiger partial charge < -0.3 is 10.6 Å². The van der Waals surface area contributed by atoms with Crippen LogP contribution in [0.2, 0.25) is 0 Å². The van der Waals surface area contributed by atoms with Gasteiger partial charge in [0.25, 0.3) is 5.91 Å². The highest BCUT2D eigenvalue weighted by Crippen LogP contribution is 2.08. The van der Waals surface area contributed by atoms with Crippen LogP contribution in [0.15, 0.2) is 17.5 Å². The maximum atomic E-state index is 11.8. The summed E-state index contributed by atoms with van der Waals surface area (Å²) in [6, 6.07) is 3.35. The first-order valence-electron chi connectivity index (χ1n) is 5.89. The molecular formula is C12H15N5OS. The van der Waals surface area contributed by atoms with Gasteiger partial charge in [-0.2, -0.15) is 0 Å². The summed E-state index contributed by atoms with van der Waals surface area (Å²) in [7, 11) is 1.75. The molecule has 2 aromatic heterocycles. The Labute approximate surface area is 115 Å². The Hall–Kier alpha value is -2.02. The summed E-state index contributed by atoms with van der Waals surface area (Å²) >= 11 is 1.60. The van der Waals surface area contributed by atoms with Gasteiger partial charge in [0.15, 0.2) is 5.69 Å². The molecule has 100 valence electrons. The third-order valence-corrected chi connectivity index (χ3v) is 3.47. The Balaban J connectivity index is 1.83. The first-order chi connectivity index (χ1) is 9.19. The molecule has 0 radical (unpaired) electrons. The minimum absolute atomic E-state index is 0.219. The van der Waals surface area contributed by atoms with Gasteiger partial charge in [0.05, 0.1) is 5.01 Å². The first kappa shape index (κ1) is 13.4. The average Bonchev–Trinajstić information content (AvgIpc) is 2.84. The molecule has 2 rings (SSSR count). The van der Waals surface area contributed by atoms with Gasteiger partial charge >= 0.3 is 0 Å². The lowest BCUT2D eigenvalue weighted by Gasteiger charge is -2.03. The van der Waals surface area contributed by atoms with Crippen LogP contribution in [0.4, 0.5) is 5.82 Å². The predicted octanol–water partition coefficient (Wildman–Crippen LogP) is 1.26. The Morgan fingerprint density at radius 3 is 2.79 bits per heavy atom. The number of nitrogens with zero attached hydrogens (tertiary/aromatic N) is 3. The molecule has 0 fully saturated rings. The highest BCUT2D eigenvalue weighted by Gasteiger charge is 2.07. The maximum Gasteiger partial charge on any atom is 0.271 e. The summed E-state index contributed by atoms with van der Waals surface area (Å²) in [6.45, 7) is 2.50. The van der Waals surface area contributed by atoms with E-state index < -0.39 is 0 Å². The monoisotopic (exact) mass is 277 g/mol. The van der Waals surface area contributed by atoms with Gasteiger partial charge in [-0.05, 0) is 19.1 Å². The summed E-state index contributed by atoms with van der Waals surface area (Å²) in [6.07, 6.45) is 0.728. The van der Waals surface area contributed by atoms with Crippen molar-refractivity contribution < 1.29 is 4.79 Å².